The molecule has 37 heavy (non-hydrogen) atoms. The summed E-state index contributed by atoms with van der Waals surface area (Å²) in [7, 11) is 0. The van der Waals surface area contributed by atoms with Crippen molar-refractivity contribution in [3.05, 3.63) is 48.2 Å². The highest BCUT2D eigenvalue weighted by Crippen LogP contribution is 2.29. The summed E-state index contributed by atoms with van der Waals surface area (Å²) in [5.41, 5.74) is 13.8. The molecule has 3 aromatic rings. The minimum absolute atomic E-state index is 0.0919. The molecule has 5 rings (SSSR count). The van der Waals surface area contributed by atoms with Crippen molar-refractivity contribution in [2.45, 2.75) is 25.6 Å². The second-order valence-corrected chi connectivity index (χ2v) is 8.86. The van der Waals surface area contributed by atoms with Gasteiger partial charge in [-0.3, -0.25) is 0 Å². The molecule has 4 N–H and O–H groups in total. The second-order valence-electron chi connectivity index (χ2n) is 8.86. The van der Waals surface area contributed by atoms with E-state index < -0.39 is 0 Å². The minimum atomic E-state index is -0.319. The van der Waals surface area contributed by atoms with Gasteiger partial charge >= 0.3 is 6.09 Å². The van der Waals surface area contributed by atoms with Gasteiger partial charge < -0.3 is 35.5 Å². The Balaban J connectivity index is 1.26. The number of nitrogens with zero attached hydrogens (tertiary/aromatic N) is 6. The van der Waals surface area contributed by atoms with Gasteiger partial charge in [-0.1, -0.05) is 30.3 Å². The van der Waals surface area contributed by atoms with Gasteiger partial charge in [-0.15, -0.1) is 0 Å². The van der Waals surface area contributed by atoms with Crippen molar-refractivity contribution in [2.24, 2.45) is 0 Å². The Kier molecular flexibility index (Phi) is 7.45. The number of ether oxygens (including phenoxy) is 3. The Morgan fingerprint density at radius 3 is 2.51 bits per heavy atom. The maximum atomic E-state index is 12.5. The van der Waals surface area contributed by atoms with E-state index in [4.69, 9.17) is 30.7 Å². The number of piperidine rings is 1. The number of amides is 1. The summed E-state index contributed by atoms with van der Waals surface area (Å²) in [4.78, 5) is 33.7. The zero-order valence-corrected chi connectivity index (χ0v) is 20.5. The van der Waals surface area contributed by atoms with Crippen molar-refractivity contribution in [1.29, 1.82) is 0 Å². The zero-order valence-electron chi connectivity index (χ0n) is 20.5. The fourth-order valence-electron chi connectivity index (χ4n) is 4.26. The molecular weight excluding hydrogens is 476 g/mol. The largest absolute Gasteiger partial charge is 0.474 e. The van der Waals surface area contributed by atoms with E-state index in [1.165, 1.54) is 0 Å². The van der Waals surface area contributed by atoms with Gasteiger partial charge in [0.05, 0.1) is 24.5 Å². The Hall–Kier alpha value is -4.19. The molecule has 2 saturated heterocycles. The van der Waals surface area contributed by atoms with Crippen LogP contribution in [-0.4, -0.2) is 76.4 Å². The molecule has 4 heterocycles. The Bertz CT molecular complexity index is 1210. The summed E-state index contributed by atoms with van der Waals surface area (Å²) in [6, 6.07) is 11.4. The average molecular weight is 507 g/mol. The molecule has 1 amide bonds. The van der Waals surface area contributed by atoms with Crippen molar-refractivity contribution in [2.75, 3.05) is 55.8 Å². The van der Waals surface area contributed by atoms with Crippen molar-refractivity contribution in [3.8, 4) is 17.1 Å². The first-order valence-corrected chi connectivity index (χ1v) is 12.3. The number of rotatable bonds is 6. The summed E-state index contributed by atoms with van der Waals surface area (Å²) in [6.45, 7) is 3.84. The number of likely N-dealkylation sites (tertiary alicyclic amines) is 1. The van der Waals surface area contributed by atoms with E-state index in [9.17, 15) is 4.79 Å². The lowest BCUT2D eigenvalue weighted by Gasteiger charge is -2.31. The van der Waals surface area contributed by atoms with Gasteiger partial charge in [0.25, 0.3) is 0 Å². The predicted molar refractivity (Wildman–Crippen MR) is 137 cm³/mol. The first-order chi connectivity index (χ1) is 18.0. The van der Waals surface area contributed by atoms with Crippen molar-refractivity contribution in [1.82, 2.24) is 24.8 Å². The SMILES string of the molecule is Nc1ncc(-c2cc(OC3CCN(C(=O)OCc4ccccc4)CC3)nc(N3CCOCC3)n2)c(N)n1. The van der Waals surface area contributed by atoms with Gasteiger partial charge in [-0.05, 0) is 5.56 Å². The van der Waals surface area contributed by atoms with Crippen LogP contribution in [0.5, 0.6) is 5.88 Å². The van der Waals surface area contributed by atoms with Gasteiger partial charge in [0.2, 0.25) is 17.8 Å². The number of anilines is 3. The molecule has 0 bridgehead atoms. The highest BCUT2D eigenvalue weighted by atomic mass is 16.6. The topological polar surface area (TPSA) is 155 Å². The first-order valence-electron chi connectivity index (χ1n) is 12.3. The summed E-state index contributed by atoms with van der Waals surface area (Å²) < 4.78 is 17.2. The van der Waals surface area contributed by atoms with Crippen LogP contribution in [0.15, 0.2) is 42.6 Å². The van der Waals surface area contributed by atoms with E-state index in [1.807, 2.05) is 35.2 Å². The van der Waals surface area contributed by atoms with Crippen LogP contribution in [0.4, 0.5) is 22.5 Å². The highest BCUT2D eigenvalue weighted by molar-refractivity contribution is 5.72. The third-order valence-electron chi connectivity index (χ3n) is 6.29. The number of benzene rings is 1. The average Bonchev–Trinajstić information content (AvgIpc) is 2.93. The number of morpholine rings is 1. The first kappa shape index (κ1) is 24.5. The number of nitrogen functional groups attached to an aromatic ring is 2. The molecule has 0 radical (unpaired) electrons. The second kappa shape index (κ2) is 11.2. The smallest absolute Gasteiger partial charge is 0.410 e. The monoisotopic (exact) mass is 506 g/mol. The maximum Gasteiger partial charge on any atom is 0.410 e. The molecule has 1 aromatic carbocycles. The van der Waals surface area contributed by atoms with Crippen LogP contribution in [0.2, 0.25) is 0 Å². The summed E-state index contributed by atoms with van der Waals surface area (Å²) >= 11 is 0. The molecule has 0 atom stereocenters. The van der Waals surface area contributed by atoms with Crippen LogP contribution < -0.4 is 21.1 Å². The van der Waals surface area contributed by atoms with E-state index in [-0.39, 0.29) is 30.6 Å². The van der Waals surface area contributed by atoms with Gasteiger partial charge in [-0.25, -0.2) is 14.8 Å². The van der Waals surface area contributed by atoms with Crippen LogP contribution in [0.25, 0.3) is 11.3 Å². The summed E-state index contributed by atoms with van der Waals surface area (Å²) in [6.07, 6.45) is 2.42. The third kappa shape index (κ3) is 6.15. The Morgan fingerprint density at radius 2 is 1.78 bits per heavy atom. The molecule has 0 unspecified atom stereocenters. The number of aromatic nitrogens is 4. The van der Waals surface area contributed by atoms with Gasteiger partial charge in [0.15, 0.2) is 0 Å². The minimum Gasteiger partial charge on any atom is -0.474 e. The number of nitrogens with two attached hydrogens (primary N) is 2. The Morgan fingerprint density at radius 1 is 1.03 bits per heavy atom. The van der Waals surface area contributed by atoms with Gasteiger partial charge in [0, 0.05) is 51.3 Å². The maximum absolute atomic E-state index is 12.5. The standard InChI is InChI=1S/C25H30N8O4/c26-22-19(15-28-23(27)31-22)20-14-21(30-24(29-20)32-10-12-35-13-11-32)37-18-6-8-33(9-7-18)25(34)36-16-17-4-2-1-3-5-17/h1-5,14-15,18H,6-13,16H2,(H4,26,27,28,31). The molecule has 2 fully saturated rings. The molecule has 0 aliphatic carbocycles. The fourth-order valence-corrected chi connectivity index (χ4v) is 4.26. The number of carbonyl (C=O) groups is 1. The van der Waals surface area contributed by atoms with Gasteiger partial charge in [-0.2, -0.15) is 9.97 Å². The van der Waals surface area contributed by atoms with Crippen LogP contribution in [0, 0.1) is 0 Å². The normalized spacial score (nSPS) is 16.4. The lowest BCUT2D eigenvalue weighted by atomic mass is 10.1. The highest BCUT2D eigenvalue weighted by Gasteiger charge is 2.26. The summed E-state index contributed by atoms with van der Waals surface area (Å²) in [5.74, 6) is 1.27. The molecule has 194 valence electrons. The molecule has 12 nitrogen and oxygen atoms in total. The predicted octanol–water partition coefficient (Wildman–Crippen LogP) is 2.11. The van der Waals surface area contributed by atoms with E-state index in [0.717, 1.165) is 5.56 Å². The van der Waals surface area contributed by atoms with Crippen LogP contribution in [0.3, 0.4) is 0 Å². The van der Waals surface area contributed by atoms with Crippen molar-refractivity contribution in [3.63, 3.8) is 0 Å². The molecule has 12 heteroatoms. The van der Waals surface area contributed by atoms with E-state index in [1.54, 1.807) is 17.2 Å². The Labute approximate surface area is 214 Å². The van der Waals surface area contributed by atoms with Crippen LogP contribution in [-0.2, 0) is 16.1 Å². The van der Waals surface area contributed by atoms with E-state index in [2.05, 4.69) is 15.0 Å². The fraction of sp³-hybridized carbons (Fsp3) is 0.400. The molecule has 2 aliphatic rings. The molecular formula is C25H30N8O4. The number of hydrogen-bond acceptors (Lipinski definition) is 11. The molecule has 0 spiro atoms. The number of carbonyl (C=O) groups excluding carboxylic acids is 1. The lowest BCUT2D eigenvalue weighted by Crippen LogP contribution is -2.42. The quantitative estimate of drug-likeness (QED) is 0.505. The van der Waals surface area contributed by atoms with Crippen molar-refractivity contribution < 1.29 is 19.0 Å². The van der Waals surface area contributed by atoms with Crippen LogP contribution >= 0.6 is 0 Å². The molecule has 0 saturated carbocycles. The molecule has 2 aliphatic heterocycles. The van der Waals surface area contributed by atoms with Gasteiger partial charge in [0.1, 0.15) is 18.5 Å². The lowest BCUT2D eigenvalue weighted by molar-refractivity contribution is 0.0625. The van der Waals surface area contributed by atoms with E-state index in [0.29, 0.717) is 75.3 Å². The molecule has 2 aromatic heterocycles. The van der Waals surface area contributed by atoms with Crippen molar-refractivity contribution >= 4 is 23.8 Å². The number of hydrogen-bond donors (Lipinski definition) is 2. The van der Waals surface area contributed by atoms with Crippen LogP contribution in [0.1, 0.15) is 18.4 Å². The van der Waals surface area contributed by atoms with E-state index >= 15 is 0 Å². The third-order valence-corrected chi connectivity index (χ3v) is 6.29. The zero-order chi connectivity index (χ0) is 25.6. The summed E-state index contributed by atoms with van der Waals surface area (Å²) in [5, 5.41) is 0.